The molecule has 0 radical (unpaired) electrons. The molecule has 1 fully saturated rings. The second-order valence-electron chi connectivity index (χ2n) is 5.04. The van der Waals surface area contributed by atoms with Crippen LogP contribution in [0.5, 0.6) is 11.5 Å². The van der Waals surface area contributed by atoms with Gasteiger partial charge in [0.25, 0.3) is 0 Å². The Labute approximate surface area is 133 Å². The van der Waals surface area contributed by atoms with E-state index in [4.69, 9.17) is 9.47 Å². The van der Waals surface area contributed by atoms with Crippen molar-refractivity contribution < 1.29 is 19.1 Å². The summed E-state index contributed by atoms with van der Waals surface area (Å²) in [5, 5.41) is 2.57. The molecular formula is C15H18N2O4S. The number of carbonyl (C=O) groups excluding carboxylic acids is 2. The van der Waals surface area contributed by atoms with Gasteiger partial charge in [0.2, 0.25) is 11.8 Å². The molecule has 22 heavy (non-hydrogen) atoms. The van der Waals surface area contributed by atoms with Gasteiger partial charge in [-0.1, -0.05) is 6.07 Å². The number of likely N-dealkylation sites (N-methyl/N-ethyl adjacent to an activating group) is 1. The quantitative estimate of drug-likeness (QED) is 0.901. The number of benzene rings is 1. The largest absolute Gasteiger partial charge is 0.486 e. The van der Waals surface area contributed by atoms with E-state index in [-0.39, 0.29) is 23.7 Å². The van der Waals surface area contributed by atoms with Crippen LogP contribution in [0.25, 0.3) is 0 Å². The number of fused-ring (bicyclic) bond motifs is 1. The van der Waals surface area contributed by atoms with Gasteiger partial charge in [-0.3, -0.25) is 9.59 Å². The summed E-state index contributed by atoms with van der Waals surface area (Å²) in [5.41, 5.74) is 0.949. The van der Waals surface area contributed by atoms with Gasteiger partial charge in [0.05, 0.1) is 5.75 Å². The summed E-state index contributed by atoms with van der Waals surface area (Å²) in [6.45, 7) is 3.57. The highest BCUT2D eigenvalue weighted by molar-refractivity contribution is 8.00. The van der Waals surface area contributed by atoms with Crippen molar-refractivity contribution >= 4 is 23.6 Å². The maximum absolute atomic E-state index is 12.1. The van der Waals surface area contributed by atoms with Crippen molar-refractivity contribution in [2.24, 2.45) is 0 Å². The molecule has 118 valence electrons. The molecule has 2 heterocycles. The molecule has 1 saturated heterocycles. The zero-order chi connectivity index (χ0) is 15.5. The van der Waals surface area contributed by atoms with Crippen LogP contribution in [-0.2, 0) is 9.59 Å². The van der Waals surface area contributed by atoms with Gasteiger partial charge >= 0.3 is 0 Å². The minimum Gasteiger partial charge on any atom is -0.486 e. The number of nitrogens with zero attached hydrogens (tertiary/aromatic N) is 1. The topological polar surface area (TPSA) is 67.9 Å². The first-order valence-corrected chi connectivity index (χ1v) is 8.31. The van der Waals surface area contributed by atoms with Crippen molar-refractivity contribution in [3.8, 4) is 11.5 Å². The third-order valence-electron chi connectivity index (χ3n) is 3.51. The third-order valence-corrected chi connectivity index (χ3v) is 4.76. The Bertz CT molecular complexity index is 593. The highest BCUT2D eigenvalue weighted by Gasteiger charge is 2.34. The molecule has 0 spiro atoms. The van der Waals surface area contributed by atoms with Crippen molar-refractivity contribution in [1.82, 2.24) is 10.2 Å². The first-order chi connectivity index (χ1) is 10.7. The zero-order valence-electron chi connectivity index (χ0n) is 12.3. The fraction of sp³-hybridized carbons (Fsp3) is 0.467. The van der Waals surface area contributed by atoms with E-state index in [9.17, 15) is 9.59 Å². The van der Waals surface area contributed by atoms with Gasteiger partial charge in [-0.15, -0.1) is 11.8 Å². The van der Waals surface area contributed by atoms with E-state index in [1.165, 1.54) is 11.8 Å². The van der Waals surface area contributed by atoms with Gasteiger partial charge in [0, 0.05) is 6.54 Å². The highest BCUT2D eigenvalue weighted by Crippen LogP contribution is 2.41. The molecule has 7 heteroatoms. The fourth-order valence-corrected chi connectivity index (χ4v) is 3.70. The number of hydrogen-bond donors (Lipinski definition) is 1. The molecule has 1 aromatic carbocycles. The molecule has 1 N–H and O–H groups in total. The minimum absolute atomic E-state index is 0.0175. The Morgan fingerprint density at radius 2 is 2.14 bits per heavy atom. The summed E-state index contributed by atoms with van der Waals surface area (Å²) in [7, 11) is 0. The summed E-state index contributed by atoms with van der Waals surface area (Å²) in [5.74, 6) is 1.65. The van der Waals surface area contributed by atoms with Gasteiger partial charge in [-0.25, -0.2) is 0 Å². The highest BCUT2D eigenvalue weighted by atomic mass is 32.2. The fourth-order valence-electron chi connectivity index (χ4n) is 2.52. The van der Waals surface area contributed by atoms with Crippen molar-refractivity contribution in [2.45, 2.75) is 12.3 Å². The van der Waals surface area contributed by atoms with Crippen LogP contribution in [0.3, 0.4) is 0 Å². The van der Waals surface area contributed by atoms with Gasteiger partial charge in [0.1, 0.15) is 25.1 Å². The van der Waals surface area contributed by atoms with E-state index >= 15 is 0 Å². The lowest BCUT2D eigenvalue weighted by atomic mass is 10.1. The molecule has 1 aromatic rings. The monoisotopic (exact) mass is 322 g/mol. The lowest BCUT2D eigenvalue weighted by Gasteiger charge is -2.25. The average molecular weight is 322 g/mol. The van der Waals surface area contributed by atoms with E-state index in [1.807, 2.05) is 25.1 Å². The first kappa shape index (κ1) is 15.0. The van der Waals surface area contributed by atoms with Crippen LogP contribution in [0.4, 0.5) is 0 Å². The Morgan fingerprint density at radius 3 is 2.91 bits per heavy atom. The molecular weight excluding hydrogens is 304 g/mol. The molecule has 2 aliphatic rings. The van der Waals surface area contributed by atoms with Crippen molar-refractivity contribution in [1.29, 1.82) is 0 Å². The van der Waals surface area contributed by atoms with Crippen molar-refractivity contribution in [3.05, 3.63) is 23.8 Å². The average Bonchev–Trinajstić information content (AvgIpc) is 2.88. The maximum atomic E-state index is 12.1. The van der Waals surface area contributed by atoms with Gasteiger partial charge in [-0.05, 0) is 24.6 Å². The summed E-state index contributed by atoms with van der Waals surface area (Å²) >= 11 is 1.52. The first-order valence-electron chi connectivity index (χ1n) is 7.26. The summed E-state index contributed by atoms with van der Waals surface area (Å²) in [6, 6.07) is 5.68. The van der Waals surface area contributed by atoms with Gasteiger partial charge in [0.15, 0.2) is 11.5 Å². The van der Waals surface area contributed by atoms with Crippen LogP contribution < -0.4 is 14.8 Å². The number of rotatable bonds is 4. The van der Waals surface area contributed by atoms with E-state index in [2.05, 4.69) is 5.32 Å². The summed E-state index contributed by atoms with van der Waals surface area (Å²) in [6.07, 6.45) is 0. The Kier molecular flexibility index (Phi) is 4.42. The third kappa shape index (κ3) is 2.99. The number of thioether (sulfide) groups is 1. The number of ether oxygens (including phenoxy) is 2. The second-order valence-corrected chi connectivity index (χ2v) is 6.11. The van der Waals surface area contributed by atoms with E-state index < -0.39 is 0 Å². The lowest BCUT2D eigenvalue weighted by molar-refractivity contribution is -0.133. The molecule has 1 atom stereocenters. The van der Waals surface area contributed by atoms with E-state index in [1.54, 1.807) is 4.90 Å². The molecule has 0 aliphatic carbocycles. The van der Waals surface area contributed by atoms with E-state index in [0.717, 1.165) is 11.3 Å². The van der Waals surface area contributed by atoms with Crippen LogP contribution in [0.2, 0.25) is 0 Å². The molecule has 2 amide bonds. The normalized spacial score (nSPS) is 20.1. The van der Waals surface area contributed by atoms with Crippen molar-refractivity contribution in [2.75, 3.05) is 32.1 Å². The van der Waals surface area contributed by atoms with Crippen LogP contribution in [0.1, 0.15) is 17.9 Å². The maximum Gasteiger partial charge on any atom is 0.239 e. The van der Waals surface area contributed by atoms with Gasteiger partial charge < -0.3 is 19.7 Å². The Morgan fingerprint density at radius 1 is 1.36 bits per heavy atom. The van der Waals surface area contributed by atoms with E-state index in [0.29, 0.717) is 31.3 Å². The van der Waals surface area contributed by atoms with Crippen molar-refractivity contribution in [3.63, 3.8) is 0 Å². The number of hydrogen-bond acceptors (Lipinski definition) is 5. The zero-order valence-corrected chi connectivity index (χ0v) is 13.1. The number of carbonyl (C=O) groups is 2. The molecule has 0 bridgehead atoms. The molecule has 0 saturated carbocycles. The predicted octanol–water partition coefficient (Wildman–Crippen LogP) is 1.17. The Balaban J connectivity index is 1.80. The molecule has 2 aliphatic heterocycles. The van der Waals surface area contributed by atoms with Gasteiger partial charge in [-0.2, -0.15) is 0 Å². The summed E-state index contributed by atoms with van der Waals surface area (Å²) < 4.78 is 11.1. The van der Waals surface area contributed by atoms with Crippen LogP contribution in [-0.4, -0.2) is 48.8 Å². The number of amides is 2. The SMILES string of the molecule is CCNC(=O)CN1C(=O)CSC1c1ccc2c(c1)OCCO2. The molecule has 1 unspecified atom stereocenters. The minimum atomic E-state index is -0.161. The molecule has 3 rings (SSSR count). The Hall–Kier alpha value is -1.89. The molecule has 0 aromatic heterocycles. The lowest BCUT2D eigenvalue weighted by Crippen LogP contribution is -2.39. The second kappa shape index (κ2) is 6.48. The predicted molar refractivity (Wildman–Crippen MR) is 83.0 cm³/mol. The van der Waals surface area contributed by atoms with Crippen LogP contribution in [0.15, 0.2) is 18.2 Å². The number of nitrogens with one attached hydrogen (secondary N) is 1. The molecule has 6 nitrogen and oxygen atoms in total. The van der Waals surface area contributed by atoms with Crippen LogP contribution in [0, 0.1) is 0 Å². The standard InChI is InChI=1S/C15H18N2O4S/c1-2-16-13(18)8-17-14(19)9-22-15(17)10-3-4-11-12(7-10)21-6-5-20-11/h3-4,7,15H,2,5-6,8-9H2,1H3,(H,16,18). The smallest absolute Gasteiger partial charge is 0.239 e. The summed E-state index contributed by atoms with van der Waals surface area (Å²) in [4.78, 5) is 25.5. The van der Waals surface area contributed by atoms with Crippen LogP contribution >= 0.6 is 11.8 Å².